The summed E-state index contributed by atoms with van der Waals surface area (Å²) in [6.45, 7) is 5.97. The van der Waals surface area contributed by atoms with E-state index in [4.69, 9.17) is 0 Å². The molecule has 1 aliphatic carbocycles. The summed E-state index contributed by atoms with van der Waals surface area (Å²) in [6.07, 6.45) is 0.475. The molecule has 118 valence electrons. The Balaban J connectivity index is 2.27. The van der Waals surface area contributed by atoms with Gasteiger partial charge < -0.3 is 10.2 Å². The monoisotopic (exact) mass is 310 g/mol. The summed E-state index contributed by atoms with van der Waals surface area (Å²) in [6, 6.07) is 7.84. The van der Waals surface area contributed by atoms with Gasteiger partial charge >= 0.3 is 0 Å². The Morgan fingerprint density at radius 1 is 0.913 bits per heavy atom. The van der Waals surface area contributed by atoms with Gasteiger partial charge in [0.1, 0.15) is 11.5 Å². The first-order chi connectivity index (χ1) is 10.7. The molecule has 2 aromatic rings. The summed E-state index contributed by atoms with van der Waals surface area (Å²) in [4.78, 5) is 25.3. The molecule has 0 amide bonds. The van der Waals surface area contributed by atoms with Crippen molar-refractivity contribution < 1.29 is 19.8 Å². The molecule has 4 heteroatoms. The Morgan fingerprint density at radius 2 is 1.43 bits per heavy atom. The second-order valence-electron chi connectivity index (χ2n) is 7.09. The molecule has 2 aromatic carbocycles. The molecule has 0 saturated carbocycles. The van der Waals surface area contributed by atoms with Gasteiger partial charge in [-0.25, -0.2) is 0 Å². The number of carbonyl (C=O) groups excluding carboxylic acids is 2. The van der Waals surface area contributed by atoms with Crippen molar-refractivity contribution in [1.29, 1.82) is 0 Å². The first-order valence-electron chi connectivity index (χ1n) is 7.47. The molecule has 3 rings (SSSR count). The predicted octanol–water partition coefficient (Wildman–Crippen LogP) is 3.46. The van der Waals surface area contributed by atoms with Crippen LogP contribution in [-0.4, -0.2) is 21.8 Å². The van der Waals surface area contributed by atoms with E-state index in [0.29, 0.717) is 12.0 Å². The summed E-state index contributed by atoms with van der Waals surface area (Å²) in [5.41, 5.74) is 0.639. The van der Waals surface area contributed by atoms with E-state index in [1.54, 1.807) is 24.3 Å². The van der Waals surface area contributed by atoms with E-state index >= 15 is 0 Å². The van der Waals surface area contributed by atoms with E-state index in [1.807, 2.05) is 20.8 Å². The molecule has 0 aliphatic heterocycles. The molecular weight excluding hydrogens is 292 g/mol. The van der Waals surface area contributed by atoms with Crippen LogP contribution in [0.4, 0.5) is 0 Å². The molecular formula is C19H18O4. The van der Waals surface area contributed by atoms with Crippen LogP contribution in [0.3, 0.4) is 0 Å². The van der Waals surface area contributed by atoms with Crippen molar-refractivity contribution in [2.24, 2.45) is 5.41 Å². The van der Waals surface area contributed by atoms with Crippen LogP contribution >= 0.6 is 0 Å². The average Bonchev–Trinajstić information content (AvgIpc) is 2.46. The fourth-order valence-corrected chi connectivity index (χ4v) is 3.02. The fourth-order valence-electron chi connectivity index (χ4n) is 3.02. The van der Waals surface area contributed by atoms with Crippen molar-refractivity contribution in [2.45, 2.75) is 27.2 Å². The minimum atomic E-state index is -0.440. The molecule has 23 heavy (non-hydrogen) atoms. The molecule has 0 radical (unpaired) electrons. The van der Waals surface area contributed by atoms with E-state index in [0.717, 1.165) is 0 Å². The maximum absolute atomic E-state index is 12.7. The smallest absolute Gasteiger partial charge is 0.198 e. The van der Waals surface area contributed by atoms with Gasteiger partial charge in [-0.05, 0) is 23.5 Å². The molecule has 0 bridgehead atoms. The Labute approximate surface area is 134 Å². The summed E-state index contributed by atoms with van der Waals surface area (Å²) in [7, 11) is 0. The predicted molar refractivity (Wildman–Crippen MR) is 86.2 cm³/mol. The van der Waals surface area contributed by atoms with Gasteiger partial charge in [0, 0.05) is 11.1 Å². The Kier molecular flexibility index (Phi) is 3.29. The van der Waals surface area contributed by atoms with E-state index in [-0.39, 0.29) is 39.2 Å². The standard InChI is InChI=1S/C19H18O4/c1-19(2,3)9-10-8-13(20)14-15(16(10)21)18(23)12-7-5-4-6-11(12)17(14)22/h4-8,20-21H,9H2,1-3H3. The Hall–Kier alpha value is -2.62. The number of hydrogen-bond acceptors (Lipinski definition) is 4. The lowest BCUT2D eigenvalue weighted by Gasteiger charge is -2.24. The van der Waals surface area contributed by atoms with Crippen LogP contribution in [0.25, 0.3) is 0 Å². The SMILES string of the molecule is CC(C)(C)Cc1cc(O)c2c(c1O)C(=O)c1ccccc1C2=O. The van der Waals surface area contributed by atoms with Gasteiger partial charge in [0.15, 0.2) is 11.6 Å². The van der Waals surface area contributed by atoms with Crippen molar-refractivity contribution in [2.75, 3.05) is 0 Å². The minimum absolute atomic E-state index is 0.0899. The van der Waals surface area contributed by atoms with Gasteiger partial charge in [0.05, 0.1) is 11.1 Å². The zero-order chi connectivity index (χ0) is 16.9. The van der Waals surface area contributed by atoms with E-state index in [2.05, 4.69) is 0 Å². The highest BCUT2D eigenvalue weighted by molar-refractivity contribution is 6.30. The van der Waals surface area contributed by atoms with Crippen molar-refractivity contribution in [3.63, 3.8) is 0 Å². The minimum Gasteiger partial charge on any atom is -0.507 e. The lowest BCUT2D eigenvalue weighted by atomic mass is 9.80. The molecule has 0 unspecified atom stereocenters. The lowest BCUT2D eigenvalue weighted by molar-refractivity contribution is 0.0974. The topological polar surface area (TPSA) is 74.6 Å². The average molecular weight is 310 g/mol. The van der Waals surface area contributed by atoms with Crippen molar-refractivity contribution in [1.82, 2.24) is 0 Å². The van der Waals surface area contributed by atoms with Gasteiger partial charge in [-0.15, -0.1) is 0 Å². The van der Waals surface area contributed by atoms with Crippen molar-refractivity contribution >= 4 is 11.6 Å². The van der Waals surface area contributed by atoms with Gasteiger partial charge in [-0.1, -0.05) is 45.0 Å². The second kappa shape index (κ2) is 4.95. The third-order valence-corrected chi connectivity index (χ3v) is 3.95. The number of ketones is 2. The highest BCUT2D eigenvalue weighted by Gasteiger charge is 2.35. The highest BCUT2D eigenvalue weighted by atomic mass is 16.3. The number of aromatic hydroxyl groups is 2. The second-order valence-corrected chi connectivity index (χ2v) is 7.09. The number of phenols is 2. The van der Waals surface area contributed by atoms with E-state index < -0.39 is 11.6 Å². The molecule has 0 saturated heterocycles. The number of benzene rings is 2. The first kappa shape index (κ1) is 15.3. The van der Waals surface area contributed by atoms with Crippen molar-refractivity contribution in [3.8, 4) is 11.5 Å². The van der Waals surface area contributed by atoms with Crippen LogP contribution in [0.15, 0.2) is 30.3 Å². The number of hydrogen-bond donors (Lipinski definition) is 2. The normalized spacial score (nSPS) is 13.7. The maximum atomic E-state index is 12.7. The largest absolute Gasteiger partial charge is 0.507 e. The lowest BCUT2D eigenvalue weighted by Crippen LogP contribution is -2.22. The van der Waals surface area contributed by atoms with Crippen LogP contribution in [0, 0.1) is 5.41 Å². The van der Waals surface area contributed by atoms with Crippen LogP contribution in [0.2, 0.25) is 0 Å². The molecule has 0 atom stereocenters. The number of phenolic OH excluding ortho intramolecular Hbond substituents is 2. The van der Waals surface area contributed by atoms with Gasteiger partial charge in [-0.3, -0.25) is 9.59 Å². The van der Waals surface area contributed by atoms with Crippen molar-refractivity contribution in [3.05, 3.63) is 58.1 Å². The third-order valence-electron chi connectivity index (χ3n) is 3.95. The molecule has 0 spiro atoms. The van der Waals surface area contributed by atoms with E-state index in [9.17, 15) is 19.8 Å². The quantitative estimate of drug-likeness (QED) is 0.675. The van der Waals surface area contributed by atoms with Gasteiger partial charge in [0.2, 0.25) is 0 Å². The zero-order valence-electron chi connectivity index (χ0n) is 13.3. The highest BCUT2D eigenvalue weighted by Crippen LogP contribution is 2.41. The molecule has 4 nitrogen and oxygen atoms in total. The third kappa shape index (κ3) is 2.40. The molecule has 2 N–H and O–H groups in total. The summed E-state index contributed by atoms with van der Waals surface area (Å²) >= 11 is 0. The van der Waals surface area contributed by atoms with Crippen LogP contribution in [-0.2, 0) is 6.42 Å². The number of carbonyl (C=O) groups is 2. The van der Waals surface area contributed by atoms with Gasteiger partial charge in [-0.2, -0.15) is 0 Å². The maximum Gasteiger partial charge on any atom is 0.198 e. The molecule has 0 aromatic heterocycles. The van der Waals surface area contributed by atoms with Crippen LogP contribution < -0.4 is 0 Å². The van der Waals surface area contributed by atoms with Gasteiger partial charge in [0.25, 0.3) is 0 Å². The fraction of sp³-hybridized carbons (Fsp3) is 0.263. The summed E-state index contributed by atoms with van der Waals surface area (Å²) in [5.74, 6) is -1.34. The number of fused-ring (bicyclic) bond motifs is 2. The number of rotatable bonds is 1. The summed E-state index contributed by atoms with van der Waals surface area (Å²) < 4.78 is 0. The zero-order valence-corrected chi connectivity index (χ0v) is 13.3. The summed E-state index contributed by atoms with van der Waals surface area (Å²) in [5, 5.41) is 20.8. The Morgan fingerprint density at radius 3 is 1.96 bits per heavy atom. The molecule has 0 fully saturated rings. The van der Waals surface area contributed by atoms with E-state index in [1.165, 1.54) is 6.07 Å². The van der Waals surface area contributed by atoms with Crippen LogP contribution in [0.5, 0.6) is 11.5 Å². The Bertz CT molecular complexity index is 841. The molecule has 0 heterocycles. The first-order valence-corrected chi connectivity index (χ1v) is 7.47. The van der Waals surface area contributed by atoms with Crippen LogP contribution in [0.1, 0.15) is 58.2 Å². The molecule has 1 aliphatic rings.